The molecule has 3 rings (SSSR count). The van der Waals surface area contributed by atoms with Crippen molar-refractivity contribution in [2.24, 2.45) is 0 Å². The number of benzene rings is 2. The minimum absolute atomic E-state index is 0.131. The van der Waals surface area contributed by atoms with Gasteiger partial charge >= 0.3 is 5.97 Å². The average Bonchev–Trinajstić information content (AvgIpc) is 2.64. The van der Waals surface area contributed by atoms with Crippen LogP contribution in [0.5, 0.6) is 0 Å². The van der Waals surface area contributed by atoms with Crippen LogP contribution in [0.4, 0.5) is 24.5 Å². The van der Waals surface area contributed by atoms with Gasteiger partial charge in [-0.2, -0.15) is 0 Å². The Kier molecular flexibility index (Phi) is 4.48. The van der Waals surface area contributed by atoms with Crippen molar-refractivity contribution in [2.75, 3.05) is 18.1 Å². The first-order valence-electron chi connectivity index (χ1n) is 7.75. The second-order valence-electron chi connectivity index (χ2n) is 5.77. The van der Waals surface area contributed by atoms with E-state index >= 15 is 0 Å². The highest BCUT2D eigenvalue weighted by molar-refractivity contribution is 5.97. The molecule has 0 radical (unpaired) electrons. The van der Waals surface area contributed by atoms with Gasteiger partial charge in [-0.3, -0.25) is 4.79 Å². The maximum absolute atomic E-state index is 14.5. The standard InChI is InChI=1S/C19H12F3N3O3/c1-3-8-16(24-2)13(22)4-9-17(8)25(7-10(18(9)26)19(27)28)15-6-14(23)11(20)5-12(15)21/h1,4-7,24H,23H2,2H3,(H,27,28). The summed E-state index contributed by atoms with van der Waals surface area (Å²) in [5.41, 5.74) is 2.53. The van der Waals surface area contributed by atoms with Crippen LogP contribution in [-0.4, -0.2) is 22.7 Å². The number of hydrogen-bond donors (Lipinski definition) is 3. The molecule has 4 N–H and O–H groups in total. The van der Waals surface area contributed by atoms with Gasteiger partial charge in [-0.25, -0.2) is 18.0 Å². The molecule has 1 aromatic heterocycles. The van der Waals surface area contributed by atoms with Gasteiger partial charge in [-0.15, -0.1) is 6.42 Å². The van der Waals surface area contributed by atoms with Gasteiger partial charge in [0.25, 0.3) is 0 Å². The van der Waals surface area contributed by atoms with Crippen LogP contribution in [0, 0.1) is 29.8 Å². The highest BCUT2D eigenvalue weighted by Gasteiger charge is 2.23. The molecule has 142 valence electrons. The molecule has 1 heterocycles. The molecule has 0 amide bonds. The second-order valence-corrected chi connectivity index (χ2v) is 5.77. The number of rotatable bonds is 3. The van der Waals surface area contributed by atoms with Crippen LogP contribution in [0.1, 0.15) is 15.9 Å². The summed E-state index contributed by atoms with van der Waals surface area (Å²) in [4.78, 5) is 24.0. The van der Waals surface area contributed by atoms with Crippen molar-refractivity contribution >= 4 is 28.2 Å². The molecule has 0 atom stereocenters. The number of fused-ring (bicyclic) bond motifs is 1. The van der Waals surface area contributed by atoms with Gasteiger partial charge in [0.1, 0.15) is 23.0 Å². The number of nitrogens with zero attached hydrogens (tertiary/aromatic N) is 1. The monoisotopic (exact) mass is 387 g/mol. The van der Waals surface area contributed by atoms with Crippen LogP contribution < -0.4 is 16.5 Å². The molecule has 9 heteroatoms. The number of pyridine rings is 1. The molecule has 0 spiro atoms. The Labute approximate surface area is 156 Å². The molecule has 3 aromatic rings. The fraction of sp³-hybridized carbons (Fsp3) is 0.0526. The number of carboxylic acid groups (broad SMARTS) is 1. The quantitative estimate of drug-likeness (QED) is 0.474. The first kappa shape index (κ1) is 18.8. The zero-order valence-electron chi connectivity index (χ0n) is 14.3. The zero-order chi connectivity index (χ0) is 20.7. The van der Waals surface area contributed by atoms with Crippen LogP contribution in [0.3, 0.4) is 0 Å². The number of hydrogen-bond acceptors (Lipinski definition) is 4. The van der Waals surface area contributed by atoms with Crippen molar-refractivity contribution < 1.29 is 23.1 Å². The number of aromatic carboxylic acids is 1. The molecule has 0 saturated carbocycles. The van der Waals surface area contributed by atoms with Crippen LogP contribution in [0.25, 0.3) is 16.6 Å². The smallest absolute Gasteiger partial charge is 0.341 e. The summed E-state index contributed by atoms with van der Waals surface area (Å²) >= 11 is 0. The molecule has 28 heavy (non-hydrogen) atoms. The lowest BCUT2D eigenvalue weighted by molar-refractivity contribution is 0.0695. The first-order valence-corrected chi connectivity index (χ1v) is 7.75. The Morgan fingerprint density at radius 3 is 2.46 bits per heavy atom. The summed E-state index contributed by atoms with van der Waals surface area (Å²) < 4.78 is 43.4. The van der Waals surface area contributed by atoms with Crippen LogP contribution in [-0.2, 0) is 0 Å². The summed E-state index contributed by atoms with van der Waals surface area (Å²) in [5, 5.41) is 11.5. The van der Waals surface area contributed by atoms with Crippen molar-refractivity contribution in [3.8, 4) is 18.0 Å². The number of nitrogens with two attached hydrogens (primary N) is 1. The van der Waals surface area contributed by atoms with Crippen molar-refractivity contribution in [1.29, 1.82) is 0 Å². The Bertz CT molecular complexity index is 1260. The maximum atomic E-state index is 14.5. The van der Waals surface area contributed by atoms with Gasteiger partial charge in [-0.05, 0) is 12.1 Å². The Balaban J connectivity index is 2.64. The lowest BCUT2D eigenvalue weighted by atomic mass is 10.0. The maximum Gasteiger partial charge on any atom is 0.341 e. The van der Waals surface area contributed by atoms with Gasteiger partial charge in [0.2, 0.25) is 5.43 Å². The van der Waals surface area contributed by atoms with E-state index in [0.717, 1.165) is 22.9 Å². The number of halogens is 3. The van der Waals surface area contributed by atoms with E-state index in [-0.39, 0.29) is 27.8 Å². The van der Waals surface area contributed by atoms with Crippen molar-refractivity contribution in [3.05, 3.63) is 63.2 Å². The van der Waals surface area contributed by atoms with E-state index < -0.39 is 40.1 Å². The normalized spacial score (nSPS) is 10.7. The average molecular weight is 387 g/mol. The molecule has 0 aliphatic rings. The number of anilines is 2. The largest absolute Gasteiger partial charge is 0.477 e. The van der Waals surface area contributed by atoms with Gasteiger partial charge in [0.15, 0.2) is 0 Å². The van der Waals surface area contributed by atoms with Crippen molar-refractivity contribution in [3.63, 3.8) is 0 Å². The van der Waals surface area contributed by atoms with E-state index in [1.54, 1.807) is 0 Å². The highest BCUT2D eigenvalue weighted by atomic mass is 19.1. The zero-order valence-corrected chi connectivity index (χ0v) is 14.3. The third-order valence-electron chi connectivity index (χ3n) is 4.19. The molecule has 6 nitrogen and oxygen atoms in total. The van der Waals surface area contributed by atoms with Gasteiger partial charge < -0.3 is 20.7 Å². The molecular weight excluding hydrogens is 375 g/mol. The fourth-order valence-corrected chi connectivity index (χ4v) is 2.93. The molecule has 2 aromatic carbocycles. The van der Waals surface area contributed by atoms with E-state index in [0.29, 0.717) is 6.07 Å². The lowest BCUT2D eigenvalue weighted by Gasteiger charge is -2.17. The van der Waals surface area contributed by atoms with Gasteiger partial charge in [-0.1, -0.05) is 5.92 Å². The van der Waals surface area contributed by atoms with Crippen LogP contribution in [0.2, 0.25) is 0 Å². The van der Waals surface area contributed by atoms with E-state index in [9.17, 15) is 27.9 Å². The number of nitrogen functional groups attached to an aromatic ring is 1. The molecule has 0 aliphatic carbocycles. The summed E-state index contributed by atoms with van der Waals surface area (Å²) in [5.74, 6) is -2.40. The minimum Gasteiger partial charge on any atom is -0.477 e. The number of nitrogens with one attached hydrogen (secondary N) is 1. The second kappa shape index (κ2) is 6.66. The Hall–Kier alpha value is -3.93. The predicted octanol–water partition coefficient (Wildman–Crippen LogP) is 2.71. The fourth-order valence-electron chi connectivity index (χ4n) is 2.93. The van der Waals surface area contributed by atoms with Gasteiger partial charge in [0.05, 0.1) is 33.5 Å². The molecular formula is C19H12F3N3O3. The topological polar surface area (TPSA) is 97.4 Å². The summed E-state index contributed by atoms with van der Waals surface area (Å²) in [7, 11) is 1.38. The number of carbonyl (C=O) groups is 1. The van der Waals surface area contributed by atoms with Crippen molar-refractivity contribution in [2.45, 2.75) is 0 Å². The first-order chi connectivity index (χ1) is 13.2. The number of terminal acetylenes is 1. The SMILES string of the molecule is C#Cc1c(NC)c(F)cc2c(=O)c(C(=O)O)cn(-c3cc(N)c(F)cc3F)c12. The van der Waals surface area contributed by atoms with E-state index in [1.807, 2.05) is 0 Å². The summed E-state index contributed by atoms with van der Waals surface area (Å²) in [6.45, 7) is 0. The Morgan fingerprint density at radius 1 is 1.21 bits per heavy atom. The highest BCUT2D eigenvalue weighted by Crippen LogP contribution is 2.31. The van der Waals surface area contributed by atoms with Gasteiger partial charge in [0, 0.05) is 19.3 Å². The lowest BCUT2D eigenvalue weighted by Crippen LogP contribution is -2.20. The third kappa shape index (κ3) is 2.72. The van der Waals surface area contributed by atoms with Crippen LogP contribution >= 0.6 is 0 Å². The van der Waals surface area contributed by atoms with E-state index in [1.165, 1.54) is 7.05 Å². The number of carboxylic acids is 1. The summed E-state index contributed by atoms with van der Waals surface area (Å²) in [6, 6.07) is 2.23. The van der Waals surface area contributed by atoms with E-state index in [2.05, 4.69) is 11.2 Å². The minimum atomic E-state index is -1.61. The van der Waals surface area contributed by atoms with E-state index in [4.69, 9.17) is 12.2 Å². The molecule has 0 fully saturated rings. The molecule has 0 unspecified atom stereocenters. The molecule has 0 saturated heterocycles. The molecule has 0 aliphatic heterocycles. The number of aromatic nitrogens is 1. The Morgan fingerprint density at radius 2 is 1.89 bits per heavy atom. The van der Waals surface area contributed by atoms with Crippen LogP contribution in [0.15, 0.2) is 29.2 Å². The summed E-state index contributed by atoms with van der Waals surface area (Å²) in [6.07, 6.45) is 6.32. The molecule has 0 bridgehead atoms. The van der Waals surface area contributed by atoms with Crippen molar-refractivity contribution in [1.82, 2.24) is 4.57 Å². The predicted molar refractivity (Wildman–Crippen MR) is 98.3 cm³/mol. The third-order valence-corrected chi connectivity index (χ3v) is 4.19.